The second kappa shape index (κ2) is 11.5. The third kappa shape index (κ3) is 12.1. The van der Waals surface area contributed by atoms with Crippen LogP contribution in [0.1, 0.15) is 13.8 Å². The Balaban J connectivity index is 0. The topological polar surface area (TPSA) is 26.0 Å². The average molecular weight is 151 g/mol. The van der Waals surface area contributed by atoms with Crippen molar-refractivity contribution in [3.63, 3.8) is 0 Å². The van der Waals surface area contributed by atoms with Crippen molar-refractivity contribution in [2.45, 2.75) is 13.8 Å². The van der Waals surface area contributed by atoms with Crippen LogP contribution >= 0.6 is 0 Å². The molecule has 0 heterocycles. The molecule has 2 N–H and O–H groups in total. The van der Waals surface area contributed by atoms with Gasteiger partial charge in [0.1, 0.15) is 0 Å². The summed E-state index contributed by atoms with van der Waals surface area (Å²) in [6.45, 7) is 11.2. The Bertz CT molecular complexity index is 152. The van der Waals surface area contributed by atoms with Gasteiger partial charge in [0.25, 0.3) is 0 Å². The maximum atomic E-state index is 5.10. The monoisotopic (exact) mass is 151 g/mol. The molecule has 0 aromatic carbocycles. The van der Waals surface area contributed by atoms with E-state index in [2.05, 4.69) is 13.2 Å². The van der Waals surface area contributed by atoms with Gasteiger partial charge in [-0.05, 0) is 17.8 Å². The number of allylic oxidation sites excluding steroid dienone is 5. The summed E-state index contributed by atoms with van der Waals surface area (Å²) in [7, 11) is 0. The lowest BCUT2D eigenvalue weighted by molar-refractivity contribution is 1.50. The van der Waals surface area contributed by atoms with Gasteiger partial charge in [0.15, 0.2) is 0 Å². The van der Waals surface area contributed by atoms with Crippen LogP contribution in [0.15, 0.2) is 49.2 Å². The Morgan fingerprint density at radius 2 is 1.82 bits per heavy atom. The second-order valence-corrected chi connectivity index (χ2v) is 1.53. The Morgan fingerprint density at radius 3 is 2.18 bits per heavy atom. The Kier molecular flexibility index (Phi) is 13.1. The van der Waals surface area contributed by atoms with E-state index >= 15 is 0 Å². The first-order valence-electron chi connectivity index (χ1n) is 3.67. The fourth-order valence-corrected chi connectivity index (χ4v) is 0.371. The molecule has 11 heavy (non-hydrogen) atoms. The summed E-state index contributed by atoms with van der Waals surface area (Å²) in [5.41, 5.74) is 5.97. The molecule has 0 atom stereocenters. The normalized spacial score (nSPS) is 9.27. The summed E-state index contributed by atoms with van der Waals surface area (Å²) in [6.07, 6.45) is 8.50. The van der Waals surface area contributed by atoms with Crippen LogP contribution in [0, 0.1) is 0 Å². The predicted molar refractivity (Wildman–Crippen MR) is 53.2 cm³/mol. The fourth-order valence-electron chi connectivity index (χ4n) is 0.371. The largest absolute Gasteiger partial charge is 0.405 e. The SMILES string of the molecule is C=C/C=C\C(=C)/C=C/N.CC. The minimum absolute atomic E-state index is 0.873. The number of hydrogen-bond acceptors (Lipinski definition) is 1. The first-order valence-corrected chi connectivity index (χ1v) is 3.67. The zero-order valence-corrected chi connectivity index (χ0v) is 7.38. The van der Waals surface area contributed by atoms with E-state index in [1.165, 1.54) is 6.20 Å². The predicted octanol–water partition coefficient (Wildman–Crippen LogP) is 2.78. The highest BCUT2D eigenvalue weighted by Crippen LogP contribution is 1.92. The molecule has 0 aromatic heterocycles. The van der Waals surface area contributed by atoms with E-state index in [1.54, 1.807) is 12.2 Å². The second-order valence-electron chi connectivity index (χ2n) is 1.53. The Morgan fingerprint density at radius 1 is 1.27 bits per heavy atom. The van der Waals surface area contributed by atoms with Gasteiger partial charge in [-0.3, -0.25) is 0 Å². The van der Waals surface area contributed by atoms with E-state index in [-0.39, 0.29) is 0 Å². The molecule has 62 valence electrons. The van der Waals surface area contributed by atoms with Crippen molar-refractivity contribution in [2.24, 2.45) is 5.73 Å². The van der Waals surface area contributed by atoms with Crippen LogP contribution in [0.4, 0.5) is 0 Å². The first kappa shape index (κ1) is 12.4. The molecule has 0 rings (SSSR count). The van der Waals surface area contributed by atoms with Crippen molar-refractivity contribution in [3.8, 4) is 0 Å². The highest BCUT2D eigenvalue weighted by molar-refractivity contribution is 5.28. The van der Waals surface area contributed by atoms with E-state index < -0.39 is 0 Å². The first-order chi connectivity index (χ1) is 5.31. The van der Waals surface area contributed by atoms with Crippen LogP contribution in [-0.2, 0) is 0 Å². The van der Waals surface area contributed by atoms with Gasteiger partial charge < -0.3 is 5.73 Å². The quantitative estimate of drug-likeness (QED) is 0.617. The maximum Gasteiger partial charge on any atom is -0.00566 e. The third-order valence-electron chi connectivity index (χ3n) is 0.757. The van der Waals surface area contributed by atoms with Crippen LogP contribution in [0.25, 0.3) is 0 Å². The Hall–Kier alpha value is -1.24. The molecule has 0 spiro atoms. The molecule has 0 saturated carbocycles. The third-order valence-corrected chi connectivity index (χ3v) is 0.757. The molecule has 1 nitrogen and oxygen atoms in total. The van der Waals surface area contributed by atoms with Crippen molar-refractivity contribution in [1.29, 1.82) is 0 Å². The summed E-state index contributed by atoms with van der Waals surface area (Å²) in [6, 6.07) is 0. The van der Waals surface area contributed by atoms with E-state index in [0.29, 0.717) is 0 Å². The van der Waals surface area contributed by atoms with Crippen LogP contribution in [0.2, 0.25) is 0 Å². The van der Waals surface area contributed by atoms with Crippen LogP contribution in [0.3, 0.4) is 0 Å². The molecule has 0 aliphatic heterocycles. The molecule has 0 aliphatic carbocycles. The van der Waals surface area contributed by atoms with Gasteiger partial charge in [0, 0.05) is 0 Å². The molecule has 0 unspecified atom stereocenters. The molecule has 1 heteroatoms. The van der Waals surface area contributed by atoms with Crippen molar-refractivity contribution >= 4 is 0 Å². The zero-order chi connectivity index (χ0) is 9.11. The standard InChI is InChI=1S/C8H11N.C2H6/c1-3-4-5-8(2)6-7-9;1-2/h3-7H,1-2,9H2;1-2H3/b5-4-,7-6+;. The van der Waals surface area contributed by atoms with Gasteiger partial charge in [-0.25, -0.2) is 0 Å². The summed E-state index contributed by atoms with van der Waals surface area (Å²) in [5.74, 6) is 0. The van der Waals surface area contributed by atoms with Crippen molar-refractivity contribution in [1.82, 2.24) is 0 Å². The number of hydrogen-bond donors (Lipinski definition) is 1. The summed E-state index contributed by atoms with van der Waals surface area (Å²) in [5, 5.41) is 0. The minimum atomic E-state index is 0.873. The van der Waals surface area contributed by atoms with Gasteiger partial charge in [-0.15, -0.1) is 0 Å². The lowest BCUT2D eigenvalue weighted by atomic mass is 10.3. The molecular formula is C10H17N. The highest BCUT2D eigenvalue weighted by Gasteiger charge is 1.73. The van der Waals surface area contributed by atoms with Gasteiger partial charge in [-0.1, -0.05) is 45.2 Å². The minimum Gasteiger partial charge on any atom is -0.405 e. The van der Waals surface area contributed by atoms with Crippen molar-refractivity contribution in [3.05, 3.63) is 49.2 Å². The number of nitrogens with two attached hydrogens (primary N) is 1. The molecule has 0 saturated heterocycles. The molecule has 0 bridgehead atoms. The van der Waals surface area contributed by atoms with Gasteiger partial charge >= 0.3 is 0 Å². The molecule has 0 fully saturated rings. The average Bonchev–Trinajstić information content (AvgIpc) is 2.05. The molecule has 0 amide bonds. The van der Waals surface area contributed by atoms with Gasteiger partial charge in [-0.2, -0.15) is 0 Å². The van der Waals surface area contributed by atoms with Gasteiger partial charge in [0.05, 0.1) is 0 Å². The highest BCUT2D eigenvalue weighted by atomic mass is 14.5. The van der Waals surface area contributed by atoms with Gasteiger partial charge in [0.2, 0.25) is 0 Å². The van der Waals surface area contributed by atoms with Crippen LogP contribution < -0.4 is 5.73 Å². The molecule has 0 radical (unpaired) electrons. The number of rotatable bonds is 3. The maximum absolute atomic E-state index is 5.10. The van der Waals surface area contributed by atoms with Crippen LogP contribution in [0.5, 0.6) is 0 Å². The lowest BCUT2D eigenvalue weighted by Crippen LogP contribution is -1.75. The molecular weight excluding hydrogens is 134 g/mol. The smallest absolute Gasteiger partial charge is 0.00566 e. The van der Waals surface area contributed by atoms with Crippen molar-refractivity contribution in [2.75, 3.05) is 0 Å². The lowest BCUT2D eigenvalue weighted by Gasteiger charge is -1.83. The van der Waals surface area contributed by atoms with Crippen LogP contribution in [-0.4, -0.2) is 0 Å². The molecule has 0 aliphatic rings. The summed E-state index contributed by atoms with van der Waals surface area (Å²) in [4.78, 5) is 0. The summed E-state index contributed by atoms with van der Waals surface area (Å²) >= 11 is 0. The zero-order valence-electron chi connectivity index (χ0n) is 7.38. The van der Waals surface area contributed by atoms with E-state index in [9.17, 15) is 0 Å². The fraction of sp³-hybridized carbons (Fsp3) is 0.200. The van der Waals surface area contributed by atoms with Crippen molar-refractivity contribution < 1.29 is 0 Å². The van der Waals surface area contributed by atoms with E-state index in [1.807, 2.05) is 26.0 Å². The van der Waals surface area contributed by atoms with E-state index in [4.69, 9.17) is 5.73 Å². The summed E-state index contributed by atoms with van der Waals surface area (Å²) < 4.78 is 0. The molecule has 0 aromatic rings. The Labute approximate surface area is 69.6 Å². The van der Waals surface area contributed by atoms with E-state index in [0.717, 1.165) is 5.57 Å².